The molecule has 2 unspecified atom stereocenters. The van der Waals surface area contributed by atoms with E-state index in [2.05, 4.69) is 10.6 Å². The molecule has 1 aliphatic heterocycles. The lowest BCUT2D eigenvalue weighted by atomic mass is 9.95. The molecule has 0 radical (unpaired) electrons. The monoisotopic (exact) mass is 243 g/mol. The van der Waals surface area contributed by atoms with Gasteiger partial charge in [-0.1, -0.05) is 0 Å². The molecule has 0 bridgehead atoms. The maximum Gasteiger partial charge on any atom is 0.250 e. The first-order valence-electron chi connectivity index (χ1n) is 5.93. The van der Waals surface area contributed by atoms with Crippen molar-refractivity contribution in [1.82, 2.24) is 10.6 Å². The van der Waals surface area contributed by atoms with E-state index >= 15 is 0 Å². The molecule has 1 fully saturated rings. The van der Waals surface area contributed by atoms with Gasteiger partial charge in [0.1, 0.15) is 6.10 Å². The molecule has 2 amide bonds. The van der Waals surface area contributed by atoms with Gasteiger partial charge in [-0.05, 0) is 26.7 Å². The Balaban J connectivity index is 2.43. The van der Waals surface area contributed by atoms with Crippen LogP contribution in [-0.4, -0.2) is 41.7 Å². The minimum absolute atomic E-state index is 0.0425. The first-order valence-corrected chi connectivity index (χ1v) is 5.93. The van der Waals surface area contributed by atoms with E-state index in [1.165, 1.54) is 0 Å². The van der Waals surface area contributed by atoms with Crippen molar-refractivity contribution in [3.05, 3.63) is 0 Å². The molecule has 1 saturated heterocycles. The predicted octanol–water partition coefficient (Wildman–Crippen LogP) is -1.27. The van der Waals surface area contributed by atoms with E-state index in [-0.39, 0.29) is 17.9 Å². The molecular formula is C11H21N3O3. The van der Waals surface area contributed by atoms with Gasteiger partial charge < -0.3 is 21.5 Å². The minimum atomic E-state index is -1.26. The molecular weight excluding hydrogens is 222 g/mol. The zero-order valence-electron chi connectivity index (χ0n) is 10.3. The lowest BCUT2D eigenvalue weighted by Crippen LogP contribution is -2.49. The highest BCUT2D eigenvalue weighted by Crippen LogP contribution is 2.16. The van der Waals surface area contributed by atoms with Gasteiger partial charge in [0.05, 0.1) is 0 Å². The van der Waals surface area contributed by atoms with E-state index in [1.54, 1.807) is 13.8 Å². The second-order valence-electron chi connectivity index (χ2n) is 4.78. The van der Waals surface area contributed by atoms with Crippen LogP contribution in [0.2, 0.25) is 0 Å². The highest BCUT2D eigenvalue weighted by molar-refractivity contribution is 5.82. The average molecular weight is 243 g/mol. The minimum Gasteiger partial charge on any atom is -0.382 e. The van der Waals surface area contributed by atoms with Gasteiger partial charge in [-0.25, -0.2) is 0 Å². The van der Waals surface area contributed by atoms with Gasteiger partial charge in [0.2, 0.25) is 5.91 Å². The van der Waals surface area contributed by atoms with Crippen molar-refractivity contribution in [2.75, 3.05) is 6.54 Å². The molecule has 6 nitrogen and oxygen atoms in total. The topological polar surface area (TPSA) is 104 Å². The van der Waals surface area contributed by atoms with E-state index in [4.69, 9.17) is 5.73 Å². The van der Waals surface area contributed by atoms with Gasteiger partial charge in [0.15, 0.2) is 0 Å². The van der Waals surface area contributed by atoms with Gasteiger partial charge in [0, 0.05) is 24.5 Å². The Bertz CT molecular complexity index is 294. The number of aliphatic hydroxyl groups is 1. The molecule has 0 aromatic rings. The first kappa shape index (κ1) is 13.9. The summed E-state index contributed by atoms with van der Waals surface area (Å²) in [5.74, 6) is -0.714. The van der Waals surface area contributed by atoms with Crippen LogP contribution in [0, 0.1) is 5.92 Å². The van der Waals surface area contributed by atoms with Crippen LogP contribution in [0.15, 0.2) is 0 Å². The van der Waals surface area contributed by atoms with E-state index in [0.717, 1.165) is 0 Å². The number of nitrogens with one attached hydrogen (secondary N) is 2. The summed E-state index contributed by atoms with van der Waals surface area (Å²) < 4.78 is 0. The summed E-state index contributed by atoms with van der Waals surface area (Å²) in [6.07, 6.45) is -0.213. The molecule has 3 atom stereocenters. The van der Waals surface area contributed by atoms with Crippen LogP contribution in [0.4, 0.5) is 0 Å². The van der Waals surface area contributed by atoms with Gasteiger partial charge in [-0.3, -0.25) is 9.59 Å². The van der Waals surface area contributed by atoms with Crippen molar-refractivity contribution < 1.29 is 14.7 Å². The number of nitrogens with two attached hydrogens (primary N) is 1. The third-order valence-corrected chi connectivity index (χ3v) is 2.82. The molecule has 0 spiro atoms. The van der Waals surface area contributed by atoms with Crippen LogP contribution >= 0.6 is 0 Å². The number of aliphatic hydroxyl groups excluding tert-OH is 1. The Labute approximate surface area is 101 Å². The molecule has 1 heterocycles. The molecule has 17 heavy (non-hydrogen) atoms. The molecule has 5 N–H and O–H groups in total. The van der Waals surface area contributed by atoms with Crippen LogP contribution < -0.4 is 16.4 Å². The standard InChI is InChI=1S/C11H21N3O3/c1-6(2)14-11(17)9(15)8(12)5-7-3-4-13-10(7)16/h6-9,15H,3-5,12H2,1-2H3,(H,13,16)(H,14,17)/t7?,8-,9?/m0/s1. The molecule has 0 aromatic carbocycles. The van der Waals surface area contributed by atoms with Crippen molar-refractivity contribution in [2.45, 2.75) is 44.9 Å². The Morgan fingerprint density at radius 3 is 2.76 bits per heavy atom. The zero-order chi connectivity index (χ0) is 13.0. The predicted molar refractivity (Wildman–Crippen MR) is 63.0 cm³/mol. The highest BCUT2D eigenvalue weighted by Gasteiger charge is 2.31. The number of rotatable bonds is 5. The largest absolute Gasteiger partial charge is 0.382 e. The van der Waals surface area contributed by atoms with Crippen LogP contribution in [-0.2, 0) is 9.59 Å². The fourth-order valence-corrected chi connectivity index (χ4v) is 1.89. The number of carbonyl (C=O) groups is 2. The summed E-state index contributed by atoms with van der Waals surface area (Å²) in [5, 5.41) is 15.0. The highest BCUT2D eigenvalue weighted by atomic mass is 16.3. The van der Waals surface area contributed by atoms with Crippen LogP contribution in [0.1, 0.15) is 26.7 Å². The van der Waals surface area contributed by atoms with Crippen molar-refractivity contribution >= 4 is 11.8 Å². The first-order chi connectivity index (χ1) is 7.91. The van der Waals surface area contributed by atoms with Gasteiger partial charge in [0.25, 0.3) is 5.91 Å². The lowest BCUT2D eigenvalue weighted by Gasteiger charge is -2.21. The second-order valence-corrected chi connectivity index (χ2v) is 4.78. The molecule has 6 heteroatoms. The summed E-state index contributed by atoms with van der Waals surface area (Å²) >= 11 is 0. The molecule has 98 valence electrons. The number of hydrogen-bond acceptors (Lipinski definition) is 4. The lowest BCUT2D eigenvalue weighted by molar-refractivity contribution is -0.132. The van der Waals surface area contributed by atoms with E-state index in [9.17, 15) is 14.7 Å². The molecule has 1 rings (SSSR count). The molecule has 1 aliphatic rings. The fourth-order valence-electron chi connectivity index (χ4n) is 1.89. The van der Waals surface area contributed by atoms with E-state index < -0.39 is 18.1 Å². The van der Waals surface area contributed by atoms with Gasteiger partial charge >= 0.3 is 0 Å². The number of hydrogen-bond donors (Lipinski definition) is 4. The fraction of sp³-hybridized carbons (Fsp3) is 0.818. The van der Waals surface area contributed by atoms with Crippen molar-refractivity contribution in [3.8, 4) is 0 Å². The maximum atomic E-state index is 11.5. The van der Waals surface area contributed by atoms with Crippen LogP contribution in [0.3, 0.4) is 0 Å². The van der Waals surface area contributed by atoms with Crippen LogP contribution in [0.5, 0.6) is 0 Å². The number of carbonyl (C=O) groups excluding carboxylic acids is 2. The molecule has 0 aliphatic carbocycles. The Morgan fingerprint density at radius 2 is 2.29 bits per heavy atom. The maximum absolute atomic E-state index is 11.5. The number of amides is 2. The second kappa shape index (κ2) is 5.97. The van der Waals surface area contributed by atoms with E-state index in [1.807, 2.05) is 0 Å². The zero-order valence-corrected chi connectivity index (χ0v) is 10.3. The Hall–Kier alpha value is -1.14. The summed E-state index contributed by atoms with van der Waals surface area (Å²) in [5.41, 5.74) is 5.75. The summed E-state index contributed by atoms with van der Waals surface area (Å²) in [7, 11) is 0. The van der Waals surface area contributed by atoms with Gasteiger partial charge in [-0.15, -0.1) is 0 Å². The smallest absolute Gasteiger partial charge is 0.250 e. The third-order valence-electron chi connectivity index (χ3n) is 2.82. The average Bonchev–Trinajstić information content (AvgIpc) is 2.62. The molecule has 0 aromatic heterocycles. The third kappa shape index (κ3) is 3.98. The van der Waals surface area contributed by atoms with Gasteiger partial charge in [-0.2, -0.15) is 0 Å². The molecule has 0 saturated carbocycles. The van der Waals surface area contributed by atoms with Crippen molar-refractivity contribution in [3.63, 3.8) is 0 Å². The normalized spacial score (nSPS) is 23.4. The SMILES string of the molecule is CC(C)NC(=O)C(O)[C@@H](N)CC1CCNC1=O. The quantitative estimate of drug-likeness (QED) is 0.483. The summed E-state index contributed by atoms with van der Waals surface area (Å²) in [6, 6.07) is -0.748. The Kier molecular flexibility index (Phi) is 4.89. The van der Waals surface area contributed by atoms with Crippen molar-refractivity contribution in [2.24, 2.45) is 11.7 Å². The van der Waals surface area contributed by atoms with Crippen LogP contribution in [0.25, 0.3) is 0 Å². The Morgan fingerprint density at radius 1 is 1.65 bits per heavy atom. The van der Waals surface area contributed by atoms with Crippen molar-refractivity contribution in [1.29, 1.82) is 0 Å². The summed E-state index contributed by atoms with van der Waals surface area (Å²) in [6.45, 7) is 4.26. The van der Waals surface area contributed by atoms with E-state index in [0.29, 0.717) is 19.4 Å². The summed E-state index contributed by atoms with van der Waals surface area (Å²) in [4.78, 5) is 22.8.